The van der Waals surface area contributed by atoms with E-state index in [0.29, 0.717) is 5.56 Å². The van der Waals surface area contributed by atoms with Crippen LogP contribution in [0, 0.1) is 0 Å². The standard InChI is InChI=1S/C41H35NO2/c1-4-42-36-26-25-34(40(43)44)28-35(36)41(2,3)37(42)27-22-29-20-23-33(24-21-29)39(32-18-12-7-13-19-32)38(30-14-8-5-9-15-30)31-16-10-6-11-17-31/h5-28H,4H2,1-3H3/p+1. The minimum atomic E-state index is -0.901. The average molecular weight is 575 g/mol. The normalized spacial score (nSPS) is 13.6. The van der Waals surface area contributed by atoms with Gasteiger partial charge >= 0.3 is 5.97 Å². The number of rotatable bonds is 8. The van der Waals surface area contributed by atoms with E-state index in [1.165, 1.54) is 27.8 Å². The molecule has 0 radical (unpaired) electrons. The largest absolute Gasteiger partial charge is 0.478 e. The lowest BCUT2D eigenvalue weighted by atomic mass is 9.80. The van der Waals surface area contributed by atoms with E-state index in [-0.39, 0.29) is 5.41 Å². The molecule has 1 heterocycles. The van der Waals surface area contributed by atoms with Gasteiger partial charge in [-0.3, -0.25) is 0 Å². The van der Waals surface area contributed by atoms with Gasteiger partial charge in [-0.25, -0.2) is 4.79 Å². The van der Waals surface area contributed by atoms with Gasteiger partial charge in [0.1, 0.15) is 6.54 Å². The Kier molecular flexibility index (Phi) is 7.95. The minimum Gasteiger partial charge on any atom is -0.478 e. The first-order chi connectivity index (χ1) is 21.4. The highest BCUT2D eigenvalue weighted by Gasteiger charge is 2.44. The SMILES string of the molecule is CC[N+]1=C(C=Cc2ccc(C(=C(c3ccccc3)c3ccccc3)c3ccccc3)cc2)C(C)(C)c2cc(C(=O)O)ccc21. The number of nitrogens with zero attached hydrogens (tertiary/aromatic N) is 1. The molecular formula is C41H36NO2+. The lowest BCUT2D eigenvalue weighted by molar-refractivity contribution is -0.433. The predicted molar refractivity (Wildman–Crippen MR) is 182 cm³/mol. The summed E-state index contributed by atoms with van der Waals surface area (Å²) in [7, 11) is 0. The molecule has 1 N–H and O–H groups in total. The molecule has 0 atom stereocenters. The molecule has 1 aliphatic rings. The van der Waals surface area contributed by atoms with Crippen molar-refractivity contribution < 1.29 is 14.5 Å². The molecule has 0 fully saturated rings. The van der Waals surface area contributed by atoms with E-state index >= 15 is 0 Å². The van der Waals surface area contributed by atoms with Crippen molar-refractivity contribution in [2.45, 2.75) is 26.2 Å². The Labute approximate surface area is 259 Å². The highest BCUT2D eigenvalue weighted by molar-refractivity contribution is 6.06. The van der Waals surface area contributed by atoms with Gasteiger partial charge in [0.2, 0.25) is 5.69 Å². The number of allylic oxidation sites excluding steroid dienone is 1. The van der Waals surface area contributed by atoms with Crippen molar-refractivity contribution in [3.63, 3.8) is 0 Å². The third kappa shape index (κ3) is 5.45. The van der Waals surface area contributed by atoms with Crippen LogP contribution in [0.3, 0.4) is 0 Å². The van der Waals surface area contributed by atoms with Crippen LogP contribution in [0.1, 0.15) is 64.5 Å². The Morgan fingerprint density at radius 2 is 1.09 bits per heavy atom. The molecular weight excluding hydrogens is 538 g/mol. The molecule has 6 rings (SSSR count). The van der Waals surface area contributed by atoms with Crippen molar-refractivity contribution in [2.75, 3.05) is 6.54 Å². The Bertz CT molecular complexity index is 1860. The fourth-order valence-corrected chi connectivity index (χ4v) is 6.31. The summed E-state index contributed by atoms with van der Waals surface area (Å²) in [5.74, 6) is -0.901. The third-order valence-corrected chi connectivity index (χ3v) is 8.53. The summed E-state index contributed by atoms with van der Waals surface area (Å²) in [6.07, 6.45) is 4.35. The van der Waals surface area contributed by atoms with Crippen LogP contribution in [-0.2, 0) is 5.41 Å². The minimum absolute atomic E-state index is 0.321. The van der Waals surface area contributed by atoms with Gasteiger partial charge < -0.3 is 5.11 Å². The Morgan fingerprint density at radius 3 is 1.55 bits per heavy atom. The van der Waals surface area contributed by atoms with Crippen LogP contribution in [0.5, 0.6) is 0 Å². The first-order valence-corrected chi connectivity index (χ1v) is 15.1. The molecule has 5 aromatic rings. The van der Waals surface area contributed by atoms with E-state index in [1.54, 1.807) is 6.07 Å². The second-order valence-corrected chi connectivity index (χ2v) is 11.6. The van der Waals surface area contributed by atoms with E-state index in [1.807, 2.05) is 12.1 Å². The second-order valence-electron chi connectivity index (χ2n) is 11.6. The Balaban J connectivity index is 1.42. The van der Waals surface area contributed by atoms with Gasteiger partial charge in [0.05, 0.1) is 11.0 Å². The number of aromatic carboxylic acids is 1. The quantitative estimate of drug-likeness (QED) is 0.148. The van der Waals surface area contributed by atoms with Crippen molar-refractivity contribution in [1.29, 1.82) is 0 Å². The van der Waals surface area contributed by atoms with Gasteiger partial charge in [-0.15, -0.1) is 0 Å². The van der Waals surface area contributed by atoms with Crippen LogP contribution in [0.4, 0.5) is 5.69 Å². The van der Waals surface area contributed by atoms with Crippen molar-refractivity contribution in [1.82, 2.24) is 0 Å². The first-order valence-electron chi connectivity index (χ1n) is 15.1. The molecule has 0 aromatic heterocycles. The number of hydrogen-bond acceptors (Lipinski definition) is 1. The fourth-order valence-electron chi connectivity index (χ4n) is 6.31. The highest BCUT2D eigenvalue weighted by Crippen LogP contribution is 2.41. The zero-order valence-corrected chi connectivity index (χ0v) is 25.4. The van der Waals surface area contributed by atoms with Crippen molar-refractivity contribution in [3.8, 4) is 0 Å². The van der Waals surface area contributed by atoms with Gasteiger partial charge in [0.25, 0.3) is 0 Å². The number of fused-ring (bicyclic) bond motifs is 1. The number of hydrogen-bond donors (Lipinski definition) is 1. The second kappa shape index (κ2) is 12.1. The van der Waals surface area contributed by atoms with Crippen LogP contribution >= 0.6 is 0 Å². The van der Waals surface area contributed by atoms with Gasteiger partial charge in [-0.2, -0.15) is 4.58 Å². The van der Waals surface area contributed by atoms with Crippen LogP contribution in [0.15, 0.2) is 140 Å². The maximum atomic E-state index is 11.7. The number of carboxylic acids is 1. The van der Waals surface area contributed by atoms with E-state index in [2.05, 4.69) is 153 Å². The van der Waals surface area contributed by atoms with E-state index in [9.17, 15) is 9.90 Å². The summed E-state index contributed by atoms with van der Waals surface area (Å²) in [5.41, 5.74) is 11.4. The summed E-state index contributed by atoms with van der Waals surface area (Å²) >= 11 is 0. The van der Waals surface area contributed by atoms with Gasteiger partial charge in [0, 0.05) is 17.7 Å². The molecule has 1 aliphatic heterocycles. The fraction of sp³-hybridized carbons (Fsp3) is 0.122. The van der Waals surface area contributed by atoms with E-state index in [0.717, 1.165) is 34.6 Å². The lowest BCUT2D eigenvalue weighted by Gasteiger charge is -2.18. The van der Waals surface area contributed by atoms with Crippen molar-refractivity contribution in [3.05, 3.63) is 178 Å². The maximum absolute atomic E-state index is 11.7. The molecule has 0 saturated carbocycles. The maximum Gasteiger partial charge on any atom is 0.335 e. The third-order valence-electron chi connectivity index (χ3n) is 8.53. The van der Waals surface area contributed by atoms with Gasteiger partial charge in [-0.1, -0.05) is 115 Å². The van der Waals surface area contributed by atoms with Crippen molar-refractivity contribution >= 4 is 34.6 Å². The van der Waals surface area contributed by atoms with Crippen LogP contribution in [-0.4, -0.2) is 27.9 Å². The number of benzene rings is 5. The Morgan fingerprint density at radius 1 is 0.636 bits per heavy atom. The van der Waals surface area contributed by atoms with Gasteiger partial charge in [0.15, 0.2) is 5.71 Å². The lowest BCUT2D eigenvalue weighted by Crippen LogP contribution is -2.27. The first kappa shape index (κ1) is 28.8. The summed E-state index contributed by atoms with van der Waals surface area (Å²) in [6.45, 7) is 7.27. The monoisotopic (exact) mass is 574 g/mol. The summed E-state index contributed by atoms with van der Waals surface area (Å²) < 4.78 is 2.29. The molecule has 0 amide bonds. The van der Waals surface area contributed by atoms with Crippen LogP contribution < -0.4 is 0 Å². The highest BCUT2D eigenvalue weighted by atomic mass is 16.4. The molecule has 0 spiro atoms. The molecule has 3 nitrogen and oxygen atoms in total. The van der Waals surface area contributed by atoms with Crippen LogP contribution in [0.25, 0.3) is 17.2 Å². The molecule has 0 unspecified atom stereocenters. The zero-order valence-electron chi connectivity index (χ0n) is 25.4. The van der Waals surface area contributed by atoms with Crippen molar-refractivity contribution in [2.24, 2.45) is 0 Å². The van der Waals surface area contributed by atoms with Gasteiger partial charge in [-0.05, 0) is 77.9 Å². The molecule has 44 heavy (non-hydrogen) atoms. The predicted octanol–water partition coefficient (Wildman–Crippen LogP) is 9.50. The summed E-state index contributed by atoms with van der Waals surface area (Å²) in [5, 5.41) is 9.59. The summed E-state index contributed by atoms with van der Waals surface area (Å²) in [4.78, 5) is 11.7. The smallest absolute Gasteiger partial charge is 0.335 e. The topological polar surface area (TPSA) is 40.3 Å². The molecule has 3 heteroatoms. The number of carbonyl (C=O) groups is 1. The average Bonchev–Trinajstić information content (AvgIpc) is 3.28. The van der Waals surface area contributed by atoms with E-state index < -0.39 is 5.97 Å². The molecule has 0 aliphatic carbocycles. The van der Waals surface area contributed by atoms with Crippen LogP contribution in [0.2, 0.25) is 0 Å². The van der Waals surface area contributed by atoms with E-state index in [4.69, 9.17) is 0 Å². The Hall–Kier alpha value is -5.28. The zero-order chi connectivity index (χ0) is 30.7. The molecule has 0 bridgehead atoms. The molecule has 216 valence electrons. The molecule has 0 saturated heterocycles. The molecule has 5 aromatic carbocycles. The summed E-state index contributed by atoms with van der Waals surface area (Å²) in [6, 6.07) is 46.1. The number of carboxylic acid groups (broad SMARTS) is 1.